The van der Waals surface area contributed by atoms with Crippen molar-refractivity contribution in [1.82, 2.24) is 15.5 Å². The SMILES string of the molecule is CN(C)CCCNC(=O)CNC(=O)Cc1ccccc1F. The highest BCUT2D eigenvalue weighted by atomic mass is 19.1. The Morgan fingerprint density at radius 2 is 1.86 bits per heavy atom. The molecule has 0 saturated heterocycles. The fourth-order valence-electron chi connectivity index (χ4n) is 1.74. The average molecular weight is 295 g/mol. The molecule has 0 bridgehead atoms. The number of amides is 2. The Labute approximate surface area is 124 Å². The van der Waals surface area contributed by atoms with Gasteiger partial charge in [0.25, 0.3) is 0 Å². The molecule has 0 aliphatic carbocycles. The molecule has 1 aromatic rings. The highest BCUT2D eigenvalue weighted by Crippen LogP contribution is 2.06. The predicted octanol–water partition coefficient (Wildman–Crippen LogP) is 0.552. The van der Waals surface area contributed by atoms with Gasteiger partial charge in [0, 0.05) is 6.54 Å². The lowest BCUT2D eigenvalue weighted by Gasteiger charge is -2.10. The minimum absolute atomic E-state index is 0.0689. The van der Waals surface area contributed by atoms with Gasteiger partial charge in [-0.1, -0.05) is 18.2 Å². The van der Waals surface area contributed by atoms with Crippen LogP contribution in [0.15, 0.2) is 24.3 Å². The summed E-state index contributed by atoms with van der Waals surface area (Å²) in [6.07, 6.45) is 0.780. The minimum atomic E-state index is -0.416. The van der Waals surface area contributed by atoms with Crippen LogP contribution in [0.4, 0.5) is 4.39 Å². The van der Waals surface area contributed by atoms with E-state index < -0.39 is 5.82 Å². The molecular weight excluding hydrogens is 273 g/mol. The average Bonchev–Trinajstić information content (AvgIpc) is 2.44. The molecule has 0 atom stereocenters. The first-order valence-electron chi connectivity index (χ1n) is 6.90. The second-order valence-corrected chi connectivity index (χ2v) is 5.05. The largest absolute Gasteiger partial charge is 0.355 e. The van der Waals surface area contributed by atoms with Gasteiger partial charge < -0.3 is 15.5 Å². The molecule has 0 aliphatic rings. The molecule has 0 aliphatic heterocycles. The number of nitrogens with one attached hydrogen (secondary N) is 2. The van der Waals surface area contributed by atoms with E-state index >= 15 is 0 Å². The van der Waals surface area contributed by atoms with Crippen molar-refractivity contribution < 1.29 is 14.0 Å². The third-order valence-corrected chi connectivity index (χ3v) is 2.86. The first-order valence-corrected chi connectivity index (χ1v) is 6.90. The lowest BCUT2D eigenvalue weighted by molar-refractivity contribution is -0.125. The van der Waals surface area contributed by atoms with Crippen LogP contribution in [0, 0.1) is 5.82 Å². The fourth-order valence-corrected chi connectivity index (χ4v) is 1.74. The van der Waals surface area contributed by atoms with Crippen molar-refractivity contribution in [3.05, 3.63) is 35.6 Å². The van der Waals surface area contributed by atoms with Crippen LogP contribution in [-0.2, 0) is 16.0 Å². The Kier molecular flexibility index (Phi) is 7.39. The zero-order valence-electron chi connectivity index (χ0n) is 12.5. The van der Waals surface area contributed by atoms with Crippen LogP contribution >= 0.6 is 0 Å². The second-order valence-electron chi connectivity index (χ2n) is 5.05. The topological polar surface area (TPSA) is 61.4 Å². The fraction of sp³-hybridized carbons (Fsp3) is 0.467. The number of carbonyl (C=O) groups is 2. The molecule has 0 radical (unpaired) electrons. The molecule has 0 aromatic heterocycles. The van der Waals surface area contributed by atoms with E-state index in [0.717, 1.165) is 13.0 Å². The van der Waals surface area contributed by atoms with Gasteiger partial charge in [0.1, 0.15) is 5.82 Å². The molecule has 116 valence electrons. The van der Waals surface area contributed by atoms with E-state index in [9.17, 15) is 14.0 Å². The number of halogens is 1. The molecule has 0 unspecified atom stereocenters. The van der Waals surface area contributed by atoms with Gasteiger partial charge in [0.2, 0.25) is 11.8 Å². The highest BCUT2D eigenvalue weighted by molar-refractivity contribution is 5.85. The number of rotatable bonds is 8. The molecule has 2 N–H and O–H groups in total. The molecule has 6 heteroatoms. The van der Waals surface area contributed by atoms with Crippen molar-refractivity contribution >= 4 is 11.8 Å². The van der Waals surface area contributed by atoms with Gasteiger partial charge in [-0.25, -0.2) is 4.39 Å². The van der Waals surface area contributed by atoms with Crippen LogP contribution < -0.4 is 10.6 Å². The van der Waals surface area contributed by atoms with Gasteiger partial charge in [0.05, 0.1) is 13.0 Å². The Bertz CT molecular complexity index is 478. The van der Waals surface area contributed by atoms with Gasteiger partial charge in [0.15, 0.2) is 0 Å². The van der Waals surface area contributed by atoms with Crippen molar-refractivity contribution in [2.24, 2.45) is 0 Å². The normalized spacial score (nSPS) is 10.5. The maximum absolute atomic E-state index is 13.4. The highest BCUT2D eigenvalue weighted by Gasteiger charge is 2.09. The Hall–Kier alpha value is -1.95. The summed E-state index contributed by atoms with van der Waals surface area (Å²) >= 11 is 0. The van der Waals surface area contributed by atoms with Crippen molar-refractivity contribution in [3.63, 3.8) is 0 Å². The molecule has 2 amide bonds. The lowest BCUT2D eigenvalue weighted by atomic mass is 10.1. The third kappa shape index (κ3) is 7.41. The van der Waals surface area contributed by atoms with Crippen LogP contribution in [-0.4, -0.2) is 50.4 Å². The minimum Gasteiger partial charge on any atom is -0.355 e. The van der Waals surface area contributed by atoms with Crippen LogP contribution in [0.3, 0.4) is 0 Å². The van der Waals surface area contributed by atoms with Crippen molar-refractivity contribution in [2.75, 3.05) is 33.7 Å². The molecule has 0 fully saturated rings. The third-order valence-electron chi connectivity index (χ3n) is 2.86. The first-order chi connectivity index (χ1) is 9.99. The van der Waals surface area contributed by atoms with E-state index in [4.69, 9.17) is 0 Å². The van der Waals surface area contributed by atoms with E-state index in [-0.39, 0.29) is 24.8 Å². The summed E-state index contributed by atoms with van der Waals surface area (Å²) in [7, 11) is 3.93. The Morgan fingerprint density at radius 1 is 1.14 bits per heavy atom. The second kappa shape index (κ2) is 9.07. The number of carbonyl (C=O) groups excluding carboxylic acids is 2. The summed E-state index contributed by atoms with van der Waals surface area (Å²) in [5.74, 6) is -1.03. The maximum atomic E-state index is 13.4. The van der Waals surface area contributed by atoms with Crippen LogP contribution in [0.25, 0.3) is 0 Å². The zero-order valence-corrected chi connectivity index (χ0v) is 12.5. The van der Waals surface area contributed by atoms with E-state index in [0.29, 0.717) is 12.1 Å². The number of nitrogens with zero attached hydrogens (tertiary/aromatic N) is 1. The molecule has 1 aromatic carbocycles. The van der Waals surface area contributed by atoms with Crippen LogP contribution in [0.5, 0.6) is 0 Å². The summed E-state index contributed by atoms with van der Waals surface area (Å²) in [6.45, 7) is 1.37. The summed E-state index contributed by atoms with van der Waals surface area (Å²) in [5, 5.41) is 5.19. The molecule has 0 spiro atoms. The molecule has 0 saturated carbocycles. The van der Waals surface area contributed by atoms with Crippen LogP contribution in [0.1, 0.15) is 12.0 Å². The van der Waals surface area contributed by atoms with Gasteiger partial charge in [-0.15, -0.1) is 0 Å². The zero-order chi connectivity index (χ0) is 15.7. The van der Waals surface area contributed by atoms with Gasteiger partial charge in [-0.3, -0.25) is 9.59 Å². The number of benzene rings is 1. The summed E-state index contributed by atoms with van der Waals surface area (Å²) in [5.41, 5.74) is 0.321. The predicted molar refractivity (Wildman–Crippen MR) is 79.3 cm³/mol. The van der Waals surface area contributed by atoms with Gasteiger partial charge in [-0.05, 0) is 38.7 Å². The van der Waals surface area contributed by atoms with E-state index in [1.54, 1.807) is 18.2 Å². The van der Waals surface area contributed by atoms with Crippen molar-refractivity contribution in [2.45, 2.75) is 12.8 Å². The Balaban J connectivity index is 2.21. The summed E-state index contributed by atoms with van der Waals surface area (Å²) in [6, 6.07) is 6.09. The lowest BCUT2D eigenvalue weighted by Crippen LogP contribution is -2.38. The molecular formula is C15H22FN3O2. The smallest absolute Gasteiger partial charge is 0.239 e. The summed E-state index contributed by atoms with van der Waals surface area (Å²) < 4.78 is 13.4. The van der Waals surface area contributed by atoms with Crippen LogP contribution in [0.2, 0.25) is 0 Å². The molecule has 0 heterocycles. The Morgan fingerprint density at radius 3 is 2.52 bits per heavy atom. The van der Waals surface area contributed by atoms with Crippen molar-refractivity contribution in [1.29, 1.82) is 0 Å². The molecule has 5 nitrogen and oxygen atoms in total. The quantitative estimate of drug-likeness (QED) is 0.689. The van der Waals surface area contributed by atoms with E-state index in [1.807, 2.05) is 19.0 Å². The number of hydrogen-bond donors (Lipinski definition) is 2. The molecule has 1 rings (SSSR count). The van der Waals surface area contributed by atoms with Gasteiger partial charge >= 0.3 is 0 Å². The van der Waals surface area contributed by atoms with Crippen molar-refractivity contribution in [3.8, 4) is 0 Å². The molecule has 21 heavy (non-hydrogen) atoms. The first kappa shape index (κ1) is 17.1. The monoisotopic (exact) mass is 295 g/mol. The summed E-state index contributed by atoms with van der Waals surface area (Å²) in [4.78, 5) is 25.2. The van der Waals surface area contributed by atoms with Gasteiger partial charge in [-0.2, -0.15) is 0 Å². The maximum Gasteiger partial charge on any atom is 0.239 e. The van der Waals surface area contributed by atoms with E-state index in [2.05, 4.69) is 10.6 Å². The number of hydrogen-bond acceptors (Lipinski definition) is 3. The standard InChI is InChI=1S/C15H22FN3O2/c1-19(2)9-5-8-17-15(21)11-18-14(20)10-12-6-3-4-7-13(12)16/h3-4,6-7H,5,8-11H2,1-2H3,(H,17,21)(H,18,20). The van der Waals surface area contributed by atoms with E-state index in [1.165, 1.54) is 6.07 Å².